The topological polar surface area (TPSA) is 125 Å². The predicted molar refractivity (Wildman–Crippen MR) is 115 cm³/mol. The van der Waals surface area contributed by atoms with Crippen LogP contribution < -0.4 is 5.84 Å². The van der Waals surface area contributed by atoms with Crippen molar-refractivity contribution in [3.8, 4) is 12.1 Å². The molecule has 2 aromatic carbocycles. The van der Waals surface area contributed by atoms with Crippen LogP contribution in [0, 0.1) is 22.7 Å². The van der Waals surface area contributed by atoms with Gasteiger partial charge in [-0.1, -0.05) is 54.2 Å². The molecule has 1 amide bonds. The minimum absolute atomic E-state index is 0.112. The third-order valence-electron chi connectivity index (χ3n) is 4.63. The van der Waals surface area contributed by atoms with Gasteiger partial charge >= 0.3 is 0 Å². The van der Waals surface area contributed by atoms with Crippen molar-refractivity contribution in [1.29, 1.82) is 10.5 Å². The molecule has 0 aliphatic carbocycles. The van der Waals surface area contributed by atoms with E-state index in [9.17, 15) is 4.79 Å². The van der Waals surface area contributed by atoms with Gasteiger partial charge in [0.25, 0.3) is 0 Å². The minimum atomic E-state index is -0.163. The zero-order valence-corrected chi connectivity index (χ0v) is 17.2. The zero-order chi connectivity index (χ0) is 21.3. The molecular formula is C21H21N7OS. The van der Waals surface area contributed by atoms with E-state index < -0.39 is 0 Å². The molecule has 1 aromatic heterocycles. The van der Waals surface area contributed by atoms with Crippen LogP contribution in [-0.4, -0.2) is 44.5 Å². The van der Waals surface area contributed by atoms with Gasteiger partial charge < -0.3 is 10.7 Å². The molecule has 0 atom stereocenters. The third-order valence-corrected chi connectivity index (χ3v) is 5.56. The van der Waals surface area contributed by atoms with E-state index in [0.29, 0.717) is 30.5 Å². The number of thioether (sulfide) groups is 1. The van der Waals surface area contributed by atoms with Crippen LogP contribution in [0.25, 0.3) is 10.8 Å². The Morgan fingerprint density at radius 3 is 2.50 bits per heavy atom. The number of nitrogens with two attached hydrogens (primary N) is 1. The second-order valence-electron chi connectivity index (χ2n) is 6.57. The maximum absolute atomic E-state index is 12.5. The average Bonchev–Trinajstić information content (AvgIpc) is 3.11. The molecule has 152 valence electrons. The van der Waals surface area contributed by atoms with Crippen LogP contribution in [-0.2, 0) is 11.2 Å². The molecule has 0 saturated carbocycles. The Kier molecular flexibility index (Phi) is 7.25. The summed E-state index contributed by atoms with van der Waals surface area (Å²) in [5, 5.41) is 28.6. The van der Waals surface area contributed by atoms with Gasteiger partial charge in [0.2, 0.25) is 11.1 Å². The summed E-state index contributed by atoms with van der Waals surface area (Å²) in [4.78, 5) is 14.0. The van der Waals surface area contributed by atoms with Gasteiger partial charge in [-0.3, -0.25) is 4.79 Å². The molecule has 30 heavy (non-hydrogen) atoms. The fourth-order valence-electron chi connectivity index (χ4n) is 3.09. The number of nitrogens with zero attached hydrogens (tertiary/aromatic N) is 6. The van der Waals surface area contributed by atoms with Crippen molar-refractivity contribution >= 4 is 28.4 Å². The maximum Gasteiger partial charge on any atom is 0.233 e. The fourth-order valence-corrected chi connectivity index (χ4v) is 3.87. The summed E-state index contributed by atoms with van der Waals surface area (Å²) < 4.78 is 1.41. The van der Waals surface area contributed by atoms with E-state index in [4.69, 9.17) is 16.4 Å². The quantitative estimate of drug-likeness (QED) is 0.417. The number of carbonyl (C=O) groups is 1. The predicted octanol–water partition coefficient (Wildman–Crippen LogP) is 2.48. The summed E-state index contributed by atoms with van der Waals surface area (Å²) in [5.74, 6) is 6.73. The summed E-state index contributed by atoms with van der Waals surface area (Å²) in [6, 6.07) is 18.3. The summed E-state index contributed by atoms with van der Waals surface area (Å²) in [6.45, 7) is 0.610. The molecule has 0 saturated heterocycles. The zero-order valence-electron chi connectivity index (χ0n) is 16.4. The number of aromatic nitrogens is 3. The molecule has 2 N–H and O–H groups in total. The number of fused-ring (bicyclic) bond motifs is 1. The van der Waals surface area contributed by atoms with Gasteiger partial charge in [0.15, 0.2) is 5.82 Å². The smallest absolute Gasteiger partial charge is 0.233 e. The fraction of sp³-hybridized carbons (Fsp3) is 0.286. The van der Waals surface area contributed by atoms with Gasteiger partial charge in [-0.15, -0.1) is 10.2 Å². The summed E-state index contributed by atoms with van der Waals surface area (Å²) >= 11 is 1.19. The Morgan fingerprint density at radius 1 is 1.07 bits per heavy atom. The van der Waals surface area contributed by atoms with E-state index in [0.717, 1.165) is 16.3 Å². The molecule has 3 rings (SSSR count). The lowest BCUT2D eigenvalue weighted by molar-refractivity contribution is -0.128. The van der Waals surface area contributed by atoms with Crippen molar-refractivity contribution in [3.05, 3.63) is 53.9 Å². The van der Waals surface area contributed by atoms with E-state index >= 15 is 0 Å². The Balaban J connectivity index is 1.67. The van der Waals surface area contributed by atoms with E-state index in [1.54, 1.807) is 0 Å². The first-order valence-electron chi connectivity index (χ1n) is 9.44. The van der Waals surface area contributed by atoms with Gasteiger partial charge in [0.05, 0.1) is 30.7 Å². The van der Waals surface area contributed by atoms with Crippen molar-refractivity contribution in [2.24, 2.45) is 0 Å². The molecule has 3 aromatic rings. The molecular weight excluding hydrogens is 398 g/mol. The van der Waals surface area contributed by atoms with Crippen molar-refractivity contribution < 1.29 is 4.79 Å². The maximum atomic E-state index is 12.5. The summed E-state index contributed by atoms with van der Waals surface area (Å²) in [5.41, 5.74) is 1.10. The highest BCUT2D eigenvalue weighted by molar-refractivity contribution is 7.99. The second-order valence-corrected chi connectivity index (χ2v) is 7.51. The number of carbonyl (C=O) groups excluding carboxylic acids is 1. The van der Waals surface area contributed by atoms with Crippen LogP contribution in [0.2, 0.25) is 0 Å². The number of nitriles is 2. The Bertz CT molecular complexity index is 1090. The lowest BCUT2D eigenvalue weighted by Crippen LogP contribution is -2.34. The van der Waals surface area contributed by atoms with E-state index in [-0.39, 0.29) is 24.5 Å². The lowest BCUT2D eigenvalue weighted by atomic mass is 10.0. The van der Waals surface area contributed by atoms with Gasteiger partial charge in [-0.05, 0) is 16.3 Å². The van der Waals surface area contributed by atoms with E-state index in [2.05, 4.69) is 28.4 Å². The van der Waals surface area contributed by atoms with Crippen LogP contribution >= 0.6 is 11.8 Å². The number of hydrogen-bond donors (Lipinski definition) is 1. The van der Waals surface area contributed by atoms with Crippen LogP contribution in [0.1, 0.15) is 24.2 Å². The summed E-state index contributed by atoms with van der Waals surface area (Å²) in [7, 11) is 0. The molecule has 0 spiro atoms. The number of benzene rings is 2. The van der Waals surface area contributed by atoms with Crippen molar-refractivity contribution in [3.63, 3.8) is 0 Å². The van der Waals surface area contributed by atoms with Gasteiger partial charge in [0.1, 0.15) is 0 Å². The Morgan fingerprint density at radius 2 is 1.77 bits per heavy atom. The highest BCUT2D eigenvalue weighted by Gasteiger charge is 2.17. The molecule has 8 nitrogen and oxygen atoms in total. The van der Waals surface area contributed by atoms with Crippen LogP contribution in [0.3, 0.4) is 0 Å². The molecule has 0 aliphatic rings. The first kappa shape index (κ1) is 21.2. The highest BCUT2D eigenvalue weighted by Crippen LogP contribution is 2.22. The van der Waals surface area contributed by atoms with Crippen molar-refractivity contribution in [2.75, 3.05) is 24.7 Å². The van der Waals surface area contributed by atoms with E-state index in [1.165, 1.54) is 21.3 Å². The van der Waals surface area contributed by atoms with E-state index in [1.807, 2.05) is 36.4 Å². The second kappa shape index (κ2) is 10.3. The van der Waals surface area contributed by atoms with Crippen LogP contribution in [0.5, 0.6) is 0 Å². The Labute approximate surface area is 178 Å². The van der Waals surface area contributed by atoms with Gasteiger partial charge in [0, 0.05) is 19.5 Å². The molecule has 0 aliphatic heterocycles. The number of nitrogen functional groups attached to an aromatic ring is 1. The number of hydrogen-bond acceptors (Lipinski definition) is 7. The molecule has 0 radical (unpaired) electrons. The molecule has 9 heteroatoms. The SMILES string of the molecule is N#CCCN(CCC#N)C(=O)CSc1nnc(Cc2cccc3ccccc23)n1N. The largest absolute Gasteiger partial charge is 0.340 e. The van der Waals surface area contributed by atoms with Gasteiger partial charge in [-0.2, -0.15) is 10.5 Å². The summed E-state index contributed by atoms with van der Waals surface area (Å²) in [6.07, 6.45) is 0.976. The minimum Gasteiger partial charge on any atom is -0.340 e. The first-order chi connectivity index (χ1) is 14.6. The monoisotopic (exact) mass is 419 g/mol. The van der Waals surface area contributed by atoms with Crippen LogP contribution in [0.15, 0.2) is 47.6 Å². The number of amides is 1. The average molecular weight is 420 g/mol. The third kappa shape index (κ3) is 5.07. The van der Waals surface area contributed by atoms with Crippen molar-refractivity contribution in [1.82, 2.24) is 19.8 Å². The molecule has 0 unspecified atom stereocenters. The Hall–Kier alpha value is -3.56. The van der Waals surface area contributed by atoms with Crippen LogP contribution in [0.4, 0.5) is 0 Å². The molecule has 0 bridgehead atoms. The molecule has 0 fully saturated rings. The van der Waals surface area contributed by atoms with Gasteiger partial charge in [-0.25, -0.2) is 4.68 Å². The lowest BCUT2D eigenvalue weighted by Gasteiger charge is -2.19. The molecule has 1 heterocycles. The van der Waals surface area contributed by atoms with Crippen molar-refractivity contribution in [2.45, 2.75) is 24.4 Å². The normalized spacial score (nSPS) is 10.5. The highest BCUT2D eigenvalue weighted by atomic mass is 32.2. The number of rotatable bonds is 9. The first-order valence-corrected chi connectivity index (χ1v) is 10.4. The standard InChI is InChI=1S/C21H21N7OS/c22-10-4-12-27(13-5-11-23)20(29)15-30-21-26-25-19(28(21)24)14-17-8-3-7-16-6-1-2-9-18(16)17/h1-3,6-9H,4-5,12-15,24H2.